The summed E-state index contributed by atoms with van der Waals surface area (Å²) < 4.78 is 1.56. The first-order valence-corrected chi connectivity index (χ1v) is 12.0. The fraction of sp³-hybridized carbons (Fsp3) is 0.0690. The largest absolute Gasteiger partial charge is 1.00 e. The molecule has 0 fully saturated rings. The molecule has 6 aromatic carbocycles. The molecule has 160 valence electrons. The van der Waals surface area contributed by atoms with E-state index in [1.165, 1.54) is 67.0 Å². The fourth-order valence-electron chi connectivity index (χ4n) is 3.81. The number of halogens is 2. The minimum atomic E-state index is 0. The molecule has 0 unspecified atom stereocenters. The summed E-state index contributed by atoms with van der Waals surface area (Å²) in [6, 6.07) is 38.5. The minimum absolute atomic E-state index is 0. The maximum Gasteiger partial charge on any atom is -0.0771 e. The second kappa shape index (κ2) is 12.3. The molecule has 0 saturated heterocycles. The van der Waals surface area contributed by atoms with E-state index < -0.39 is 0 Å². The Hall–Kier alpha value is -2.06. The Morgan fingerprint density at radius 3 is 0.875 bits per heavy atom. The molecule has 0 aliphatic rings. The molecule has 0 aliphatic heterocycles. The zero-order valence-corrected chi connectivity index (χ0v) is 23.3. The molecule has 6 rings (SSSR count). The van der Waals surface area contributed by atoms with Crippen molar-refractivity contribution >= 4 is 46.3 Å². The van der Waals surface area contributed by atoms with Crippen molar-refractivity contribution in [3.05, 3.63) is 109 Å². The van der Waals surface area contributed by atoms with Crippen molar-refractivity contribution in [3.8, 4) is 0 Å². The van der Waals surface area contributed by atoms with E-state index in [-0.39, 0.29) is 24.8 Å². The number of hydrogen-bond acceptors (Lipinski definition) is 0. The third-order valence-corrected chi connectivity index (χ3v) is 5.05. The van der Waals surface area contributed by atoms with Crippen LogP contribution in [-0.2, 0) is 23.9 Å². The molecule has 0 N–H and O–H groups in total. The predicted molar refractivity (Wildman–Crippen MR) is 130 cm³/mol. The normalized spacial score (nSPS) is 9.88. The van der Waals surface area contributed by atoms with E-state index >= 15 is 0 Å². The van der Waals surface area contributed by atoms with Crippen LogP contribution in [0.2, 0.25) is 0 Å². The molecule has 0 atom stereocenters. The van der Waals surface area contributed by atoms with E-state index in [0.29, 0.717) is 0 Å². The van der Waals surface area contributed by atoms with Crippen LogP contribution in [0.5, 0.6) is 0 Å². The van der Waals surface area contributed by atoms with Gasteiger partial charge in [-0.05, 0) is 0 Å². The van der Waals surface area contributed by atoms with Crippen LogP contribution in [0.1, 0.15) is 13.8 Å². The van der Waals surface area contributed by atoms with Crippen molar-refractivity contribution in [2.24, 2.45) is 0 Å². The predicted octanol–water partition coefficient (Wildman–Crippen LogP) is 2.18. The second-order valence-corrected chi connectivity index (χ2v) is 11.2. The Morgan fingerprint density at radius 2 is 0.656 bits per heavy atom. The summed E-state index contributed by atoms with van der Waals surface area (Å²) in [5.74, 6) is 0. The van der Waals surface area contributed by atoms with Crippen LogP contribution in [0.25, 0.3) is 43.1 Å². The van der Waals surface area contributed by atoms with E-state index in [4.69, 9.17) is 0 Å². The van der Waals surface area contributed by atoms with Gasteiger partial charge in [0.25, 0.3) is 0 Å². The van der Waals surface area contributed by atoms with Gasteiger partial charge in [0.15, 0.2) is 0 Å². The third kappa shape index (κ3) is 6.04. The number of fused-ring (bicyclic) bond motifs is 6. The summed E-state index contributed by atoms with van der Waals surface area (Å²) in [5, 5.41) is 10.8. The zero-order valence-electron chi connectivity index (χ0n) is 18.1. The van der Waals surface area contributed by atoms with Crippen molar-refractivity contribution in [2.45, 2.75) is 13.8 Å². The molecule has 0 saturated carbocycles. The molecule has 3 heteroatoms. The SMILES string of the molecule is C[C](C)=[Hf+2].[Cl-].[Cl-].c1ccc2c(c1)[cH-]c1ccccc12.c1ccc2c(c1)[cH-]c1ccccc12. The molecule has 0 heterocycles. The van der Waals surface area contributed by atoms with Gasteiger partial charge in [-0.3, -0.25) is 0 Å². The van der Waals surface area contributed by atoms with Gasteiger partial charge in [0.05, 0.1) is 0 Å². The molecule has 0 bridgehead atoms. The fourth-order valence-corrected chi connectivity index (χ4v) is 3.81. The van der Waals surface area contributed by atoms with Gasteiger partial charge < -0.3 is 24.8 Å². The van der Waals surface area contributed by atoms with E-state index in [2.05, 4.69) is 123 Å². The van der Waals surface area contributed by atoms with Gasteiger partial charge in [0.1, 0.15) is 0 Å². The summed E-state index contributed by atoms with van der Waals surface area (Å²) in [6.07, 6.45) is 0. The van der Waals surface area contributed by atoms with Gasteiger partial charge in [-0.25, -0.2) is 0 Å². The smallest absolute Gasteiger partial charge is 0.0771 e. The minimum Gasteiger partial charge on any atom is -1.00 e. The summed E-state index contributed by atoms with van der Waals surface area (Å²) in [6.45, 7) is 4.29. The number of hydrogen-bond donors (Lipinski definition) is 0. The van der Waals surface area contributed by atoms with Crippen LogP contribution in [-0.4, -0.2) is 3.26 Å². The molecule has 0 aliphatic carbocycles. The standard InChI is InChI=1S/2C13H9.C3H6.2ClH.Hf/c2*1-3-7-12-10(5-1)9-11-6-2-4-8-13(11)12;1-3-2;;;/h2*1-9H;1-2H3;2*1H;/q2*-1;;;;+2/p-2. The summed E-state index contributed by atoms with van der Waals surface area (Å²) >= 11 is 1.27. The molecule has 0 nitrogen and oxygen atoms in total. The van der Waals surface area contributed by atoms with Crippen LogP contribution in [0.4, 0.5) is 0 Å². The van der Waals surface area contributed by atoms with Crippen molar-refractivity contribution in [3.63, 3.8) is 0 Å². The number of benzene rings is 4. The van der Waals surface area contributed by atoms with Crippen molar-refractivity contribution in [1.29, 1.82) is 0 Å². The molecular weight excluding hydrogens is 598 g/mol. The van der Waals surface area contributed by atoms with E-state index in [0.717, 1.165) is 0 Å². The Bertz CT molecular complexity index is 1230. The van der Waals surface area contributed by atoms with Crippen LogP contribution < -0.4 is 24.8 Å². The first-order valence-electron chi connectivity index (χ1n) is 10.2. The van der Waals surface area contributed by atoms with Gasteiger partial charge in [-0.15, -0.1) is 79.5 Å². The van der Waals surface area contributed by atoms with Gasteiger partial charge in [0, 0.05) is 0 Å². The summed E-state index contributed by atoms with van der Waals surface area (Å²) in [4.78, 5) is 0. The van der Waals surface area contributed by atoms with Crippen LogP contribution >= 0.6 is 0 Å². The molecule has 0 spiro atoms. The van der Waals surface area contributed by atoms with Crippen molar-refractivity contribution < 1.29 is 48.7 Å². The Labute approximate surface area is 216 Å². The average molecular weight is 622 g/mol. The average Bonchev–Trinajstić information content (AvgIpc) is 3.32. The third-order valence-electron chi connectivity index (χ3n) is 5.05. The van der Waals surface area contributed by atoms with Gasteiger partial charge in [-0.2, -0.15) is 0 Å². The van der Waals surface area contributed by atoms with Gasteiger partial charge in [-0.1, -0.05) is 72.8 Å². The molecule has 0 aromatic heterocycles. The molecule has 0 radical (unpaired) electrons. The second-order valence-electron chi connectivity index (χ2n) is 7.64. The van der Waals surface area contributed by atoms with E-state index in [1.807, 2.05) is 0 Å². The summed E-state index contributed by atoms with van der Waals surface area (Å²) in [5.41, 5.74) is 0. The monoisotopic (exact) mass is 622 g/mol. The van der Waals surface area contributed by atoms with Crippen LogP contribution in [0, 0.1) is 0 Å². The first-order chi connectivity index (χ1) is 14.6. The van der Waals surface area contributed by atoms with Gasteiger partial charge in [0.2, 0.25) is 0 Å². The summed E-state index contributed by atoms with van der Waals surface area (Å²) in [7, 11) is 0. The first kappa shape index (κ1) is 26.2. The number of rotatable bonds is 0. The topological polar surface area (TPSA) is 0 Å². The van der Waals surface area contributed by atoms with Gasteiger partial charge >= 0.3 is 41.0 Å². The van der Waals surface area contributed by atoms with Crippen molar-refractivity contribution in [1.82, 2.24) is 0 Å². The Morgan fingerprint density at radius 1 is 0.469 bits per heavy atom. The molecule has 32 heavy (non-hydrogen) atoms. The molecule has 0 amide bonds. The molecular formula is C29H24Cl2Hf-2. The van der Waals surface area contributed by atoms with Crippen LogP contribution in [0.3, 0.4) is 0 Å². The maximum atomic E-state index is 2.24. The zero-order chi connectivity index (χ0) is 20.9. The Balaban J connectivity index is 0.000000185. The van der Waals surface area contributed by atoms with E-state index in [9.17, 15) is 0 Å². The molecule has 6 aromatic rings. The van der Waals surface area contributed by atoms with E-state index in [1.54, 1.807) is 3.26 Å². The quantitative estimate of drug-likeness (QED) is 0.180. The van der Waals surface area contributed by atoms with Crippen molar-refractivity contribution in [2.75, 3.05) is 0 Å². The van der Waals surface area contributed by atoms with Crippen LogP contribution in [0.15, 0.2) is 109 Å². The Kier molecular flexibility index (Phi) is 10.0. The maximum absolute atomic E-state index is 2.24.